The van der Waals surface area contributed by atoms with Crippen molar-refractivity contribution >= 4 is 0 Å². The molecule has 0 heterocycles. The maximum atomic E-state index is 5.21. The second kappa shape index (κ2) is 20.1. The van der Waals surface area contributed by atoms with Gasteiger partial charge >= 0.3 is 0 Å². The molecule has 0 amide bonds. The minimum Gasteiger partial charge on any atom is -0.0848 e. The molecule has 0 spiro atoms. The van der Waals surface area contributed by atoms with Gasteiger partial charge in [-0.1, -0.05) is 141 Å². The maximum absolute atomic E-state index is 5.21. The van der Waals surface area contributed by atoms with E-state index in [4.69, 9.17) is 6.58 Å². The Hall–Kier alpha value is -2.86. The Morgan fingerprint density at radius 1 is 0.417 bits per heavy atom. The molecular formula is C24H27. The molecule has 0 aliphatic carbocycles. The molecule has 1 radical (unpaired) electrons. The van der Waals surface area contributed by atoms with E-state index in [1.54, 1.807) is 6.08 Å². The molecule has 0 heteroatoms. The number of hydrogen-bond donors (Lipinski definition) is 0. The van der Waals surface area contributed by atoms with E-state index >= 15 is 0 Å². The minimum atomic E-state index is 1.07. The fourth-order valence-corrected chi connectivity index (χ4v) is 1.37. The average Bonchev–Trinajstić information content (AvgIpc) is 2.60. The molecule has 0 atom stereocenters. The number of rotatable bonds is 11. The predicted octanol–water partition coefficient (Wildman–Crippen LogP) is 6.95. The third-order valence-electron chi connectivity index (χ3n) is 2.48. The summed E-state index contributed by atoms with van der Waals surface area (Å²) in [4.78, 5) is 0. The standard InChI is InChI=1S/C24H27/c1-3-5-7-9-11-13-15-17-19-21-23-24-22-20-18-16-14-12-10-8-6-4-2/h1,3,5-24H,4H2,2H3. The Bertz CT molecular complexity index is 580. The molecular weight excluding hydrogens is 288 g/mol. The summed E-state index contributed by atoms with van der Waals surface area (Å²) in [5.74, 6) is 0. The van der Waals surface area contributed by atoms with Gasteiger partial charge < -0.3 is 0 Å². The van der Waals surface area contributed by atoms with Crippen LogP contribution in [-0.2, 0) is 0 Å². The van der Waals surface area contributed by atoms with Crippen molar-refractivity contribution in [3.05, 3.63) is 134 Å². The first-order chi connectivity index (χ1) is 11.9. The van der Waals surface area contributed by atoms with Crippen molar-refractivity contribution in [2.24, 2.45) is 0 Å². The molecule has 24 heavy (non-hydrogen) atoms. The van der Waals surface area contributed by atoms with Crippen LogP contribution in [0.1, 0.15) is 13.3 Å². The van der Waals surface area contributed by atoms with Gasteiger partial charge in [0.25, 0.3) is 0 Å². The first kappa shape index (κ1) is 21.1. The molecule has 0 fully saturated rings. The first-order valence-electron chi connectivity index (χ1n) is 8.12. The predicted molar refractivity (Wildman–Crippen MR) is 111 cm³/mol. The molecule has 0 nitrogen and oxygen atoms in total. The van der Waals surface area contributed by atoms with Gasteiger partial charge in [-0.05, 0) is 6.42 Å². The van der Waals surface area contributed by atoms with E-state index in [1.807, 2.05) is 103 Å². The SMILES string of the molecule is [CH]=CC=CC=CC=CC=CC=CC=CC=CC=CC=CC=CCC. The van der Waals surface area contributed by atoms with Crippen LogP contribution < -0.4 is 0 Å². The van der Waals surface area contributed by atoms with Crippen molar-refractivity contribution in [3.8, 4) is 0 Å². The van der Waals surface area contributed by atoms with Gasteiger partial charge in [-0.15, -0.1) is 0 Å². The van der Waals surface area contributed by atoms with E-state index in [1.165, 1.54) is 6.08 Å². The molecule has 0 aromatic heterocycles. The number of hydrogen-bond acceptors (Lipinski definition) is 0. The fourth-order valence-electron chi connectivity index (χ4n) is 1.37. The van der Waals surface area contributed by atoms with E-state index in [2.05, 4.69) is 19.1 Å². The highest BCUT2D eigenvalue weighted by Crippen LogP contribution is 1.87. The molecule has 0 aromatic carbocycles. The monoisotopic (exact) mass is 315 g/mol. The van der Waals surface area contributed by atoms with Crippen molar-refractivity contribution in [1.82, 2.24) is 0 Å². The van der Waals surface area contributed by atoms with Crippen LogP contribution in [0.15, 0.2) is 128 Å². The van der Waals surface area contributed by atoms with Crippen molar-refractivity contribution in [1.29, 1.82) is 0 Å². The van der Waals surface area contributed by atoms with Crippen LogP contribution >= 0.6 is 0 Å². The molecule has 0 unspecified atom stereocenters. The van der Waals surface area contributed by atoms with Gasteiger partial charge in [-0.3, -0.25) is 0 Å². The molecule has 0 rings (SSSR count). The largest absolute Gasteiger partial charge is 0.0848 e. The normalized spacial score (nSPS) is 14.4. The highest BCUT2D eigenvalue weighted by Gasteiger charge is 1.65. The van der Waals surface area contributed by atoms with Crippen LogP contribution in [0.4, 0.5) is 0 Å². The molecule has 0 bridgehead atoms. The molecule has 0 aliphatic heterocycles. The van der Waals surface area contributed by atoms with Crippen molar-refractivity contribution in [2.45, 2.75) is 13.3 Å². The third-order valence-corrected chi connectivity index (χ3v) is 2.48. The molecule has 0 aliphatic rings. The Kier molecular flexibility index (Phi) is 17.7. The Labute approximate surface area is 148 Å². The zero-order valence-electron chi connectivity index (χ0n) is 14.4. The summed E-state index contributed by atoms with van der Waals surface area (Å²) in [6.07, 6.45) is 42.2. The van der Waals surface area contributed by atoms with Crippen LogP contribution in [0.5, 0.6) is 0 Å². The molecule has 0 N–H and O–H groups in total. The summed E-state index contributed by atoms with van der Waals surface area (Å²) in [5, 5.41) is 0. The van der Waals surface area contributed by atoms with Crippen LogP contribution in [0.3, 0.4) is 0 Å². The van der Waals surface area contributed by atoms with Crippen LogP contribution in [0.2, 0.25) is 0 Å². The summed E-state index contributed by atoms with van der Waals surface area (Å²) in [7, 11) is 0. The Balaban J connectivity index is 3.89. The van der Waals surface area contributed by atoms with E-state index < -0.39 is 0 Å². The minimum absolute atomic E-state index is 1.07. The van der Waals surface area contributed by atoms with Gasteiger partial charge in [0.15, 0.2) is 0 Å². The summed E-state index contributed by atoms with van der Waals surface area (Å²) < 4.78 is 0. The van der Waals surface area contributed by atoms with Crippen LogP contribution in [0.25, 0.3) is 0 Å². The van der Waals surface area contributed by atoms with Crippen molar-refractivity contribution in [3.63, 3.8) is 0 Å². The lowest BCUT2D eigenvalue weighted by Crippen LogP contribution is -1.54. The summed E-state index contributed by atoms with van der Waals surface area (Å²) in [6.45, 7) is 7.33. The molecule has 0 saturated heterocycles. The maximum Gasteiger partial charge on any atom is -0.0376 e. The van der Waals surface area contributed by atoms with Crippen molar-refractivity contribution in [2.75, 3.05) is 0 Å². The van der Waals surface area contributed by atoms with Gasteiger partial charge in [0, 0.05) is 0 Å². The van der Waals surface area contributed by atoms with Crippen molar-refractivity contribution < 1.29 is 0 Å². The van der Waals surface area contributed by atoms with E-state index in [-0.39, 0.29) is 0 Å². The van der Waals surface area contributed by atoms with Crippen LogP contribution in [-0.4, -0.2) is 0 Å². The summed E-state index contributed by atoms with van der Waals surface area (Å²) in [5.41, 5.74) is 0. The highest BCUT2D eigenvalue weighted by atomic mass is 13.7. The smallest absolute Gasteiger partial charge is 0.0376 e. The first-order valence-corrected chi connectivity index (χ1v) is 8.12. The molecule has 0 saturated carbocycles. The van der Waals surface area contributed by atoms with E-state index in [0.29, 0.717) is 0 Å². The van der Waals surface area contributed by atoms with E-state index in [9.17, 15) is 0 Å². The fraction of sp³-hybridized carbons (Fsp3) is 0.0833. The van der Waals surface area contributed by atoms with Gasteiger partial charge in [0.05, 0.1) is 0 Å². The van der Waals surface area contributed by atoms with E-state index in [0.717, 1.165) is 6.42 Å². The summed E-state index contributed by atoms with van der Waals surface area (Å²) in [6, 6.07) is 0. The lowest BCUT2D eigenvalue weighted by Gasteiger charge is -1.76. The second-order valence-corrected chi connectivity index (χ2v) is 4.49. The van der Waals surface area contributed by atoms with Gasteiger partial charge in [-0.25, -0.2) is 0 Å². The van der Waals surface area contributed by atoms with Gasteiger partial charge in [-0.2, -0.15) is 0 Å². The third kappa shape index (κ3) is 19.1. The zero-order chi connectivity index (χ0) is 17.6. The Morgan fingerprint density at radius 2 is 0.667 bits per heavy atom. The van der Waals surface area contributed by atoms with Gasteiger partial charge in [0.1, 0.15) is 0 Å². The average molecular weight is 315 g/mol. The summed E-state index contributed by atoms with van der Waals surface area (Å²) >= 11 is 0. The zero-order valence-corrected chi connectivity index (χ0v) is 14.4. The topological polar surface area (TPSA) is 0 Å². The number of allylic oxidation sites excluding steroid dienone is 21. The van der Waals surface area contributed by atoms with Crippen LogP contribution in [0, 0.1) is 6.58 Å². The molecule has 0 aromatic rings. The molecule has 123 valence electrons. The lowest BCUT2D eigenvalue weighted by molar-refractivity contribution is 1.22. The quantitative estimate of drug-likeness (QED) is 0.362. The Morgan fingerprint density at radius 3 is 0.917 bits per heavy atom. The lowest BCUT2D eigenvalue weighted by atomic mass is 10.3. The second-order valence-electron chi connectivity index (χ2n) is 4.49. The van der Waals surface area contributed by atoms with Gasteiger partial charge in [0.2, 0.25) is 0 Å². The highest BCUT2D eigenvalue weighted by molar-refractivity contribution is 5.22.